The molecule has 0 heterocycles. The molecule has 161 valence electrons. The molecule has 0 fully saturated rings. The summed E-state index contributed by atoms with van der Waals surface area (Å²) in [5, 5.41) is 0. The predicted molar refractivity (Wildman–Crippen MR) is 122 cm³/mol. The first-order chi connectivity index (χ1) is 13.2. The van der Waals surface area contributed by atoms with E-state index in [0.29, 0.717) is 0 Å². The lowest BCUT2D eigenvalue weighted by Gasteiger charge is -2.27. The fraction of sp³-hybridized carbons (Fsp3) is 0.962. The van der Waals surface area contributed by atoms with Gasteiger partial charge in [0.1, 0.15) is 0 Å². The molecule has 0 aliphatic carbocycles. The fourth-order valence-corrected chi connectivity index (χ4v) is 4.26. The second-order valence-corrected chi connectivity index (χ2v) is 8.94. The maximum atomic E-state index is 12.0. The molecule has 0 aromatic rings. The van der Waals surface area contributed by atoms with E-state index in [-0.39, 0.29) is 5.41 Å². The summed E-state index contributed by atoms with van der Waals surface area (Å²) >= 11 is 0. The van der Waals surface area contributed by atoms with Crippen LogP contribution in [0.3, 0.4) is 0 Å². The van der Waals surface area contributed by atoms with Crippen molar-refractivity contribution < 1.29 is 4.79 Å². The van der Waals surface area contributed by atoms with Gasteiger partial charge in [0, 0.05) is 5.41 Å². The molecule has 0 unspecified atom stereocenters. The molecule has 0 aromatic heterocycles. The van der Waals surface area contributed by atoms with Crippen molar-refractivity contribution in [3.05, 3.63) is 0 Å². The van der Waals surface area contributed by atoms with Crippen molar-refractivity contribution >= 4 is 6.29 Å². The van der Waals surface area contributed by atoms with Crippen LogP contribution in [0.5, 0.6) is 0 Å². The maximum absolute atomic E-state index is 12.0. The Kier molecular flexibility index (Phi) is 20.2. The lowest BCUT2D eigenvalue weighted by Crippen LogP contribution is -2.23. The van der Waals surface area contributed by atoms with Gasteiger partial charge in [0.15, 0.2) is 0 Å². The van der Waals surface area contributed by atoms with Crippen molar-refractivity contribution in [1.82, 2.24) is 0 Å². The molecule has 0 saturated carbocycles. The van der Waals surface area contributed by atoms with Crippen molar-refractivity contribution in [2.75, 3.05) is 0 Å². The van der Waals surface area contributed by atoms with Crippen LogP contribution in [-0.2, 0) is 4.79 Å². The Balaban J connectivity index is 4.25. The van der Waals surface area contributed by atoms with Gasteiger partial charge >= 0.3 is 0 Å². The van der Waals surface area contributed by atoms with E-state index in [0.717, 1.165) is 19.3 Å². The molecule has 1 radical (unpaired) electrons. The van der Waals surface area contributed by atoms with Gasteiger partial charge in [-0.15, -0.1) is 0 Å². The van der Waals surface area contributed by atoms with E-state index < -0.39 is 0 Å². The smallest absolute Gasteiger partial charge is 0.205 e. The van der Waals surface area contributed by atoms with E-state index in [1.165, 1.54) is 116 Å². The van der Waals surface area contributed by atoms with Gasteiger partial charge in [0.05, 0.1) is 0 Å². The van der Waals surface area contributed by atoms with Crippen LogP contribution in [0.25, 0.3) is 0 Å². The Labute approximate surface area is 172 Å². The summed E-state index contributed by atoms with van der Waals surface area (Å²) in [6, 6.07) is 0. The number of hydrogen-bond donors (Lipinski definition) is 0. The van der Waals surface area contributed by atoms with E-state index in [1.54, 1.807) is 0 Å². The molecule has 0 spiro atoms. The van der Waals surface area contributed by atoms with Crippen molar-refractivity contribution in [2.45, 2.75) is 156 Å². The Bertz CT molecular complexity index is 256. The highest BCUT2D eigenvalue weighted by atomic mass is 16.1. The fourth-order valence-electron chi connectivity index (χ4n) is 4.26. The zero-order chi connectivity index (χ0) is 20.1. The molecule has 0 atom stereocenters. The number of rotatable bonds is 22. The van der Waals surface area contributed by atoms with E-state index >= 15 is 0 Å². The van der Waals surface area contributed by atoms with E-state index in [2.05, 4.69) is 27.1 Å². The third-order valence-electron chi connectivity index (χ3n) is 6.24. The SMILES string of the molecule is CCCCCCCCC([C]=O)(CCCCCCCC)CCCCCCCC. The van der Waals surface area contributed by atoms with Gasteiger partial charge in [-0.2, -0.15) is 0 Å². The van der Waals surface area contributed by atoms with Gasteiger partial charge in [-0.1, -0.05) is 136 Å². The minimum Gasteiger partial charge on any atom is -0.290 e. The van der Waals surface area contributed by atoms with Crippen molar-refractivity contribution in [3.63, 3.8) is 0 Å². The average Bonchev–Trinajstić information content (AvgIpc) is 2.69. The van der Waals surface area contributed by atoms with Gasteiger partial charge in [0.25, 0.3) is 0 Å². The first-order valence-corrected chi connectivity index (χ1v) is 12.6. The first kappa shape index (κ1) is 26.7. The topological polar surface area (TPSA) is 17.1 Å². The Morgan fingerprint density at radius 1 is 0.444 bits per heavy atom. The lowest BCUT2D eigenvalue weighted by molar-refractivity contribution is 0.278. The van der Waals surface area contributed by atoms with Crippen LogP contribution in [0.15, 0.2) is 0 Å². The molecular formula is C26H51O. The minimum absolute atomic E-state index is 0.125. The molecule has 0 rings (SSSR count). The summed E-state index contributed by atoms with van der Waals surface area (Å²) in [5.74, 6) is 0. The van der Waals surface area contributed by atoms with Gasteiger partial charge in [-0.3, -0.25) is 4.79 Å². The number of unbranched alkanes of at least 4 members (excludes halogenated alkanes) is 15. The maximum Gasteiger partial charge on any atom is 0.205 e. The van der Waals surface area contributed by atoms with Crippen molar-refractivity contribution in [1.29, 1.82) is 0 Å². The standard InChI is InChI=1S/C26H51O/c1-4-7-10-13-16-19-22-26(25-27,23-20-17-14-11-8-5-2)24-21-18-15-12-9-6-3/h4-24H2,1-3H3. The van der Waals surface area contributed by atoms with Crippen molar-refractivity contribution in [2.24, 2.45) is 5.41 Å². The van der Waals surface area contributed by atoms with Crippen LogP contribution in [0.1, 0.15) is 156 Å². The quantitative estimate of drug-likeness (QED) is 0.171. The van der Waals surface area contributed by atoms with Crippen LogP contribution in [-0.4, -0.2) is 6.29 Å². The molecule has 0 amide bonds. The van der Waals surface area contributed by atoms with Crippen LogP contribution in [0, 0.1) is 5.41 Å². The Hall–Kier alpha value is -0.330. The molecule has 0 aliphatic rings. The summed E-state index contributed by atoms with van der Waals surface area (Å²) in [5.41, 5.74) is -0.125. The summed E-state index contributed by atoms with van der Waals surface area (Å²) in [4.78, 5) is 12.0. The molecule has 27 heavy (non-hydrogen) atoms. The first-order valence-electron chi connectivity index (χ1n) is 12.6. The average molecular weight is 380 g/mol. The van der Waals surface area contributed by atoms with Crippen molar-refractivity contribution in [3.8, 4) is 0 Å². The molecular weight excluding hydrogens is 328 g/mol. The molecule has 1 nitrogen and oxygen atoms in total. The normalized spacial score (nSPS) is 11.8. The zero-order valence-corrected chi connectivity index (χ0v) is 19.3. The Morgan fingerprint density at radius 3 is 0.963 bits per heavy atom. The monoisotopic (exact) mass is 379 g/mol. The van der Waals surface area contributed by atoms with Gasteiger partial charge in [0.2, 0.25) is 6.29 Å². The van der Waals surface area contributed by atoms with Crippen LogP contribution in [0.2, 0.25) is 0 Å². The Morgan fingerprint density at radius 2 is 0.704 bits per heavy atom. The van der Waals surface area contributed by atoms with E-state index in [4.69, 9.17) is 0 Å². The van der Waals surface area contributed by atoms with Crippen LogP contribution in [0.4, 0.5) is 0 Å². The summed E-state index contributed by atoms with van der Waals surface area (Å²) in [7, 11) is 0. The second-order valence-electron chi connectivity index (χ2n) is 8.94. The van der Waals surface area contributed by atoms with Gasteiger partial charge in [-0.05, 0) is 19.3 Å². The highest BCUT2D eigenvalue weighted by molar-refractivity contribution is 5.60. The zero-order valence-electron chi connectivity index (χ0n) is 19.3. The molecule has 0 aliphatic heterocycles. The summed E-state index contributed by atoms with van der Waals surface area (Å²) < 4.78 is 0. The van der Waals surface area contributed by atoms with Gasteiger partial charge < -0.3 is 0 Å². The molecule has 1 heteroatoms. The second kappa shape index (κ2) is 20.4. The summed E-state index contributed by atoms with van der Waals surface area (Å²) in [6.07, 6.45) is 29.6. The molecule has 0 aromatic carbocycles. The van der Waals surface area contributed by atoms with E-state index in [1.807, 2.05) is 0 Å². The molecule has 0 bridgehead atoms. The number of hydrogen-bond acceptors (Lipinski definition) is 1. The van der Waals surface area contributed by atoms with Crippen LogP contribution >= 0.6 is 0 Å². The van der Waals surface area contributed by atoms with Gasteiger partial charge in [-0.25, -0.2) is 0 Å². The largest absolute Gasteiger partial charge is 0.290 e. The number of carbonyl (C=O) groups excluding carboxylic acids is 1. The molecule has 0 saturated heterocycles. The minimum atomic E-state index is -0.125. The summed E-state index contributed by atoms with van der Waals surface area (Å²) in [6.45, 7) is 6.81. The highest BCUT2D eigenvalue weighted by Gasteiger charge is 2.29. The third kappa shape index (κ3) is 16.3. The molecule has 0 N–H and O–H groups in total. The predicted octanol–water partition coefficient (Wildman–Crippen LogP) is 9.33. The lowest BCUT2D eigenvalue weighted by atomic mass is 9.75. The van der Waals surface area contributed by atoms with E-state index in [9.17, 15) is 4.79 Å². The van der Waals surface area contributed by atoms with Crippen LogP contribution < -0.4 is 0 Å². The third-order valence-corrected chi connectivity index (χ3v) is 6.24. The highest BCUT2D eigenvalue weighted by Crippen LogP contribution is 2.35.